The van der Waals surface area contributed by atoms with Crippen LogP contribution in [0.15, 0.2) is 4.36 Å². The van der Waals surface area contributed by atoms with Crippen LogP contribution in [0.2, 0.25) is 0 Å². The molecule has 0 saturated heterocycles. The second-order valence-electron chi connectivity index (χ2n) is 2.51. The van der Waals surface area contributed by atoms with Crippen molar-refractivity contribution >= 4 is 16.5 Å². The zero-order chi connectivity index (χ0) is 10.3. The van der Waals surface area contributed by atoms with Crippen LogP contribution in [-0.2, 0) is 15.3 Å². The number of nitrogens with zero attached hydrogens (tertiary/aromatic N) is 1. The highest BCUT2D eigenvalue weighted by Crippen LogP contribution is 1.99. The second-order valence-corrected chi connectivity index (χ2v) is 3.20. The molecule has 0 fully saturated rings. The maximum atomic E-state index is 10.2. The normalized spacial score (nSPS) is 12.1. The van der Waals surface area contributed by atoms with Crippen molar-refractivity contribution in [1.82, 2.24) is 0 Å². The molecular weight excluding hydrogens is 196 g/mol. The molecule has 0 aliphatic rings. The summed E-state index contributed by atoms with van der Waals surface area (Å²) in [5.41, 5.74) is 5.21. The lowest BCUT2D eigenvalue weighted by Gasteiger charge is -2.03. The summed E-state index contributed by atoms with van der Waals surface area (Å²) in [6, 6.07) is -0.863. The molecular formula is C6H12N2O4S. The number of hydrogen-bond acceptors (Lipinski definition) is 5. The van der Waals surface area contributed by atoms with Crippen molar-refractivity contribution in [3.8, 4) is 0 Å². The fourth-order valence-electron chi connectivity index (χ4n) is 0.739. The van der Waals surface area contributed by atoms with Crippen LogP contribution in [-0.4, -0.2) is 32.1 Å². The summed E-state index contributed by atoms with van der Waals surface area (Å²) in [4.78, 5) is 10.2. The maximum Gasteiger partial charge on any atom is 0.320 e. The van der Waals surface area contributed by atoms with Gasteiger partial charge in [-0.15, -0.1) is 0 Å². The van der Waals surface area contributed by atoms with Gasteiger partial charge < -0.3 is 10.8 Å². The molecule has 13 heavy (non-hydrogen) atoms. The second kappa shape index (κ2) is 6.55. The highest BCUT2D eigenvalue weighted by Gasteiger charge is 2.09. The first kappa shape index (κ1) is 12.0. The molecule has 0 saturated carbocycles. The number of hydrogen-bond donors (Lipinski definition) is 2. The van der Waals surface area contributed by atoms with Crippen molar-refractivity contribution in [2.45, 2.75) is 25.3 Å². The van der Waals surface area contributed by atoms with Crippen LogP contribution in [0.5, 0.6) is 0 Å². The Bertz CT molecular complexity index is 277. The lowest BCUT2D eigenvalue weighted by Crippen LogP contribution is -2.29. The first-order chi connectivity index (χ1) is 6.04. The molecule has 0 spiro atoms. The van der Waals surface area contributed by atoms with Crippen molar-refractivity contribution in [3.63, 3.8) is 0 Å². The molecule has 6 nitrogen and oxygen atoms in total. The van der Waals surface area contributed by atoms with Gasteiger partial charge in [0.25, 0.3) is 0 Å². The van der Waals surface area contributed by atoms with Gasteiger partial charge in [-0.3, -0.25) is 4.79 Å². The molecule has 0 aliphatic carbocycles. The van der Waals surface area contributed by atoms with Gasteiger partial charge in [0, 0.05) is 0 Å². The largest absolute Gasteiger partial charge is 0.480 e. The number of carbonyl (C=O) groups is 1. The fourth-order valence-corrected chi connectivity index (χ4v) is 1.02. The Labute approximate surface area is 77.5 Å². The summed E-state index contributed by atoms with van der Waals surface area (Å²) in [5, 5.41) is 8.38. The lowest BCUT2D eigenvalue weighted by atomic mass is 10.1. The van der Waals surface area contributed by atoms with Crippen molar-refractivity contribution in [2.75, 3.05) is 6.54 Å². The van der Waals surface area contributed by atoms with Crippen molar-refractivity contribution in [3.05, 3.63) is 0 Å². The van der Waals surface area contributed by atoms with Crippen LogP contribution in [0.3, 0.4) is 0 Å². The fraction of sp³-hybridized carbons (Fsp3) is 0.833. The molecule has 7 heteroatoms. The van der Waals surface area contributed by atoms with Gasteiger partial charge in [-0.2, -0.15) is 12.8 Å². The molecule has 0 heterocycles. The molecule has 0 rings (SSSR count). The molecule has 0 radical (unpaired) electrons. The molecule has 1 atom stereocenters. The summed E-state index contributed by atoms with van der Waals surface area (Å²) < 4.78 is 23.0. The number of carboxylic acids is 1. The van der Waals surface area contributed by atoms with Crippen molar-refractivity contribution in [1.29, 1.82) is 0 Å². The summed E-state index contributed by atoms with van der Waals surface area (Å²) >= 11 is 0. The predicted molar refractivity (Wildman–Crippen MR) is 45.7 cm³/mol. The minimum absolute atomic E-state index is 0.197. The molecule has 0 aromatic rings. The first-order valence-corrected chi connectivity index (χ1v) is 4.82. The quantitative estimate of drug-likeness (QED) is 0.579. The molecule has 0 amide bonds. The van der Waals surface area contributed by atoms with E-state index in [1.54, 1.807) is 0 Å². The van der Waals surface area contributed by atoms with Gasteiger partial charge in [-0.25, -0.2) is 0 Å². The molecule has 0 bridgehead atoms. The van der Waals surface area contributed by atoms with E-state index in [0.29, 0.717) is 19.3 Å². The summed E-state index contributed by atoms with van der Waals surface area (Å²) in [7, 11) is -2.36. The van der Waals surface area contributed by atoms with E-state index in [0.717, 1.165) is 0 Å². The average molecular weight is 208 g/mol. The average Bonchev–Trinajstić information content (AvgIpc) is 2.02. The zero-order valence-electron chi connectivity index (χ0n) is 7.01. The number of nitrogens with two attached hydrogens (primary N) is 1. The Balaban J connectivity index is 3.47. The Morgan fingerprint density at radius 1 is 1.46 bits per heavy atom. The van der Waals surface area contributed by atoms with Gasteiger partial charge in [0.2, 0.25) is 0 Å². The van der Waals surface area contributed by atoms with E-state index < -0.39 is 22.5 Å². The van der Waals surface area contributed by atoms with Crippen LogP contribution >= 0.6 is 0 Å². The van der Waals surface area contributed by atoms with Crippen LogP contribution in [0.4, 0.5) is 0 Å². The monoisotopic (exact) mass is 208 g/mol. The third-order valence-electron chi connectivity index (χ3n) is 1.44. The smallest absolute Gasteiger partial charge is 0.320 e. The Kier molecular flexibility index (Phi) is 6.07. The standard InChI is InChI=1S/C6H12N2O4S/c7-5(6(9)10)3-1-2-4-8-13(11)12/h5H,1-4,7H2,(H,9,10)/t5-/m0/s1. The van der Waals surface area contributed by atoms with E-state index in [1.807, 2.05) is 0 Å². The number of carboxylic acid groups (broad SMARTS) is 1. The maximum absolute atomic E-state index is 10.2. The van der Waals surface area contributed by atoms with Gasteiger partial charge in [-0.1, -0.05) is 0 Å². The van der Waals surface area contributed by atoms with E-state index in [2.05, 4.69) is 4.36 Å². The predicted octanol–water partition coefficient (Wildman–Crippen LogP) is -0.369. The van der Waals surface area contributed by atoms with Gasteiger partial charge in [0.1, 0.15) is 6.04 Å². The van der Waals surface area contributed by atoms with Crippen LogP contribution in [0.1, 0.15) is 19.3 Å². The molecule has 3 N–H and O–H groups in total. The van der Waals surface area contributed by atoms with Crippen LogP contribution in [0, 0.1) is 0 Å². The molecule has 0 aromatic carbocycles. The molecule has 76 valence electrons. The van der Waals surface area contributed by atoms with Gasteiger partial charge in [-0.05, 0) is 19.3 Å². The number of aliphatic carboxylic acids is 1. The topological polar surface area (TPSA) is 110 Å². The van der Waals surface area contributed by atoms with Crippen molar-refractivity contribution in [2.24, 2.45) is 10.1 Å². The highest BCUT2D eigenvalue weighted by molar-refractivity contribution is 7.61. The third kappa shape index (κ3) is 7.41. The minimum atomic E-state index is -2.36. The SMILES string of the molecule is N[C@@H](CCCCN=S(=O)=O)C(=O)O. The van der Waals surface area contributed by atoms with Crippen molar-refractivity contribution < 1.29 is 18.3 Å². The van der Waals surface area contributed by atoms with Gasteiger partial charge >= 0.3 is 16.5 Å². The van der Waals surface area contributed by atoms with E-state index >= 15 is 0 Å². The van der Waals surface area contributed by atoms with E-state index in [4.69, 9.17) is 10.8 Å². The van der Waals surface area contributed by atoms with Crippen LogP contribution in [0.25, 0.3) is 0 Å². The summed E-state index contributed by atoms with van der Waals surface area (Å²) in [6.45, 7) is 0.197. The van der Waals surface area contributed by atoms with Gasteiger partial charge in [0.05, 0.1) is 6.54 Å². The van der Waals surface area contributed by atoms with E-state index in [1.165, 1.54) is 0 Å². The van der Waals surface area contributed by atoms with E-state index in [-0.39, 0.29) is 6.54 Å². The molecule has 0 unspecified atom stereocenters. The van der Waals surface area contributed by atoms with E-state index in [9.17, 15) is 13.2 Å². The summed E-state index contributed by atoms with van der Waals surface area (Å²) in [6.07, 6.45) is 1.44. The van der Waals surface area contributed by atoms with Gasteiger partial charge in [0.15, 0.2) is 0 Å². The lowest BCUT2D eigenvalue weighted by molar-refractivity contribution is -0.138. The van der Waals surface area contributed by atoms with Crippen LogP contribution < -0.4 is 5.73 Å². The zero-order valence-corrected chi connectivity index (χ0v) is 7.83. The number of rotatable bonds is 6. The minimum Gasteiger partial charge on any atom is -0.480 e. The Hall–Kier alpha value is -0.950. The molecule has 0 aromatic heterocycles. The summed E-state index contributed by atoms with van der Waals surface area (Å²) in [5.74, 6) is -1.04. The first-order valence-electron chi connectivity index (χ1n) is 3.79. The Morgan fingerprint density at radius 2 is 2.08 bits per heavy atom. The molecule has 0 aliphatic heterocycles. The Morgan fingerprint density at radius 3 is 2.54 bits per heavy atom. The highest BCUT2D eigenvalue weighted by atomic mass is 32.2. The number of unbranched alkanes of at least 4 members (excludes halogenated alkanes) is 1. The third-order valence-corrected chi connectivity index (χ3v) is 1.83.